The van der Waals surface area contributed by atoms with Crippen LogP contribution >= 0.6 is 0 Å². The molecule has 0 bridgehead atoms. The second kappa shape index (κ2) is 11.4. The summed E-state index contributed by atoms with van der Waals surface area (Å²) in [6, 6.07) is 11.8. The number of methoxy groups -OCH3 is 1. The second-order valence-corrected chi connectivity index (χ2v) is 8.55. The van der Waals surface area contributed by atoms with E-state index >= 15 is 0 Å². The lowest BCUT2D eigenvalue weighted by Gasteiger charge is -2.26. The Balaban J connectivity index is 1.49. The number of rotatable bonds is 9. The van der Waals surface area contributed by atoms with Gasteiger partial charge in [0.25, 0.3) is 5.91 Å². The summed E-state index contributed by atoms with van der Waals surface area (Å²) >= 11 is 0. The van der Waals surface area contributed by atoms with Gasteiger partial charge in [-0.3, -0.25) is 19.4 Å². The fourth-order valence-electron chi connectivity index (χ4n) is 3.41. The summed E-state index contributed by atoms with van der Waals surface area (Å²) in [6.07, 6.45) is 1.62. The van der Waals surface area contributed by atoms with E-state index in [0.29, 0.717) is 42.3 Å². The molecule has 186 valence electrons. The first-order chi connectivity index (χ1) is 16.7. The van der Waals surface area contributed by atoms with Gasteiger partial charge < -0.3 is 30.2 Å². The van der Waals surface area contributed by atoms with Crippen LogP contribution in [0.3, 0.4) is 0 Å². The van der Waals surface area contributed by atoms with E-state index in [4.69, 9.17) is 14.2 Å². The van der Waals surface area contributed by atoms with Crippen molar-refractivity contribution in [3.8, 4) is 11.5 Å². The highest BCUT2D eigenvalue weighted by Crippen LogP contribution is 2.32. The molecule has 0 saturated carbocycles. The maximum atomic E-state index is 12.5. The highest BCUT2D eigenvalue weighted by molar-refractivity contribution is 6.39. The van der Waals surface area contributed by atoms with Gasteiger partial charge >= 0.3 is 11.8 Å². The minimum Gasteiger partial charge on any atom is -0.496 e. The van der Waals surface area contributed by atoms with Gasteiger partial charge in [0.2, 0.25) is 0 Å². The van der Waals surface area contributed by atoms with Gasteiger partial charge in [-0.2, -0.15) is 0 Å². The molecule has 0 fully saturated rings. The number of nitrogens with zero attached hydrogens (tertiary/aromatic N) is 1. The van der Waals surface area contributed by atoms with Crippen LogP contribution in [0, 0.1) is 0 Å². The topological polar surface area (TPSA) is 127 Å². The molecule has 10 nitrogen and oxygen atoms in total. The van der Waals surface area contributed by atoms with Crippen LogP contribution in [0.2, 0.25) is 0 Å². The van der Waals surface area contributed by atoms with Gasteiger partial charge in [-0.05, 0) is 50.2 Å². The van der Waals surface area contributed by atoms with Crippen LogP contribution in [0.4, 0.5) is 5.69 Å². The van der Waals surface area contributed by atoms with E-state index in [-0.39, 0.29) is 12.0 Å². The molecule has 2 aromatic carbocycles. The molecule has 1 aliphatic rings. The molecule has 1 aliphatic heterocycles. The van der Waals surface area contributed by atoms with Crippen LogP contribution in [-0.4, -0.2) is 57.0 Å². The Morgan fingerprint density at radius 1 is 1.11 bits per heavy atom. The second-order valence-electron chi connectivity index (χ2n) is 8.55. The maximum absolute atomic E-state index is 12.5. The number of nitrogens with one attached hydrogen (secondary N) is 3. The molecule has 1 atom stereocenters. The minimum atomic E-state index is -0.793. The van der Waals surface area contributed by atoms with E-state index < -0.39 is 17.4 Å². The van der Waals surface area contributed by atoms with Crippen molar-refractivity contribution in [2.45, 2.75) is 31.9 Å². The lowest BCUT2D eigenvalue weighted by Crippen LogP contribution is -2.48. The van der Waals surface area contributed by atoms with Gasteiger partial charge in [0.05, 0.1) is 20.3 Å². The molecule has 2 aromatic rings. The van der Waals surface area contributed by atoms with Crippen LogP contribution in [0.15, 0.2) is 47.5 Å². The molecule has 3 amide bonds. The van der Waals surface area contributed by atoms with Gasteiger partial charge in [-0.25, -0.2) is 0 Å². The number of carbonyl (C=O) groups excluding carboxylic acids is 3. The first kappa shape index (κ1) is 25.5. The zero-order valence-corrected chi connectivity index (χ0v) is 20.2. The summed E-state index contributed by atoms with van der Waals surface area (Å²) in [7, 11) is 3.09. The Labute approximate surface area is 204 Å². The summed E-state index contributed by atoms with van der Waals surface area (Å²) in [4.78, 5) is 40.6. The van der Waals surface area contributed by atoms with Gasteiger partial charge in [0, 0.05) is 41.9 Å². The third-order valence-electron chi connectivity index (χ3n) is 5.41. The van der Waals surface area contributed by atoms with Gasteiger partial charge in [-0.1, -0.05) is 0 Å². The molecule has 0 saturated heterocycles. The van der Waals surface area contributed by atoms with Crippen molar-refractivity contribution in [1.29, 1.82) is 0 Å². The highest BCUT2D eigenvalue weighted by Gasteiger charge is 2.25. The zero-order valence-electron chi connectivity index (χ0n) is 20.2. The van der Waals surface area contributed by atoms with E-state index in [0.717, 1.165) is 5.56 Å². The molecule has 1 unspecified atom stereocenters. The molecule has 35 heavy (non-hydrogen) atoms. The van der Waals surface area contributed by atoms with E-state index in [2.05, 4.69) is 20.9 Å². The fraction of sp³-hybridized carbons (Fsp3) is 0.360. The number of anilines is 1. The number of ether oxygens (including phenoxy) is 3. The van der Waals surface area contributed by atoms with Crippen molar-refractivity contribution in [2.24, 2.45) is 4.99 Å². The first-order valence-electron chi connectivity index (χ1n) is 11.1. The zero-order chi connectivity index (χ0) is 25.4. The summed E-state index contributed by atoms with van der Waals surface area (Å²) in [5.74, 6) is -0.603. The molecule has 0 aromatic heterocycles. The van der Waals surface area contributed by atoms with Crippen molar-refractivity contribution in [1.82, 2.24) is 10.6 Å². The minimum absolute atomic E-state index is 0.175. The SMILES string of the molecule is CNC(=O)c1ccc(OCCC(C)(C)NC(=O)C(=O)Nc2ccc(C3CN=CO3)c(OC)c2)cc1. The predicted molar refractivity (Wildman–Crippen MR) is 131 cm³/mol. The van der Waals surface area contributed by atoms with Crippen molar-refractivity contribution < 1.29 is 28.6 Å². The van der Waals surface area contributed by atoms with Gasteiger partial charge in [-0.15, -0.1) is 0 Å². The van der Waals surface area contributed by atoms with Crippen LogP contribution in [0.25, 0.3) is 0 Å². The predicted octanol–water partition coefficient (Wildman–Crippen LogP) is 2.46. The van der Waals surface area contributed by atoms with E-state index in [1.54, 1.807) is 63.4 Å². The number of carbonyl (C=O) groups is 3. The number of aliphatic imine (C=N–C) groups is 1. The molecule has 3 N–H and O–H groups in total. The molecular weight excluding hydrogens is 452 g/mol. The van der Waals surface area contributed by atoms with Crippen molar-refractivity contribution in [3.05, 3.63) is 53.6 Å². The average Bonchev–Trinajstić information content (AvgIpc) is 3.38. The lowest BCUT2D eigenvalue weighted by atomic mass is 10.0. The lowest BCUT2D eigenvalue weighted by molar-refractivity contribution is -0.137. The van der Waals surface area contributed by atoms with Crippen molar-refractivity contribution >= 4 is 29.8 Å². The molecule has 0 radical (unpaired) electrons. The largest absolute Gasteiger partial charge is 0.496 e. The van der Waals surface area contributed by atoms with Crippen LogP contribution in [0.1, 0.15) is 42.3 Å². The Kier molecular flexibility index (Phi) is 8.30. The molecule has 0 aliphatic carbocycles. The standard InChI is InChI=1S/C25H30N4O6/c1-25(2,11-12-34-18-8-5-16(6-9-18)22(30)26-3)29-24(32)23(31)28-17-7-10-19(20(13-17)33-4)21-14-27-15-35-21/h5-10,13,15,21H,11-12,14H2,1-4H3,(H,26,30)(H,28,31)(H,29,32). The molecule has 10 heteroatoms. The van der Waals surface area contributed by atoms with E-state index in [9.17, 15) is 14.4 Å². The molecule has 3 rings (SSSR count). The van der Waals surface area contributed by atoms with E-state index in [1.165, 1.54) is 13.5 Å². The third-order valence-corrected chi connectivity index (χ3v) is 5.41. The number of hydrogen-bond donors (Lipinski definition) is 3. The monoisotopic (exact) mass is 482 g/mol. The van der Waals surface area contributed by atoms with Gasteiger partial charge in [0.15, 0.2) is 6.40 Å². The van der Waals surface area contributed by atoms with Crippen LogP contribution < -0.4 is 25.4 Å². The Bertz CT molecular complexity index is 1090. The first-order valence-corrected chi connectivity index (χ1v) is 11.1. The smallest absolute Gasteiger partial charge is 0.313 e. The summed E-state index contributed by atoms with van der Waals surface area (Å²) < 4.78 is 16.5. The quantitative estimate of drug-likeness (QED) is 0.471. The Morgan fingerprint density at radius 3 is 2.49 bits per heavy atom. The summed E-state index contributed by atoms with van der Waals surface area (Å²) in [5.41, 5.74) is 1.06. The van der Waals surface area contributed by atoms with Crippen LogP contribution in [0.5, 0.6) is 11.5 Å². The van der Waals surface area contributed by atoms with Gasteiger partial charge in [0.1, 0.15) is 17.6 Å². The molecule has 1 heterocycles. The highest BCUT2D eigenvalue weighted by atomic mass is 16.5. The fourth-order valence-corrected chi connectivity index (χ4v) is 3.41. The van der Waals surface area contributed by atoms with Crippen LogP contribution in [-0.2, 0) is 14.3 Å². The average molecular weight is 483 g/mol. The van der Waals surface area contributed by atoms with Crippen molar-refractivity contribution in [2.75, 3.05) is 32.6 Å². The number of hydrogen-bond acceptors (Lipinski definition) is 7. The Morgan fingerprint density at radius 2 is 1.86 bits per heavy atom. The number of benzene rings is 2. The number of amides is 3. The Hall–Kier alpha value is -4.08. The van der Waals surface area contributed by atoms with E-state index in [1.807, 2.05) is 0 Å². The van der Waals surface area contributed by atoms with Crippen molar-refractivity contribution in [3.63, 3.8) is 0 Å². The summed E-state index contributed by atoms with van der Waals surface area (Å²) in [5, 5.41) is 7.88. The third kappa shape index (κ3) is 6.95. The normalized spacial score (nSPS) is 14.6. The summed E-state index contributed by atoms with van der Waals surface area (Å²) in [6.45, 7) is 4.40. The maximum Gasteiger partial charge on any atom is 0.313 e. The molecule has 0 spiro atoms. The molecular formula is C25H30N4O6.